The van der Waals surface area contributed by atoms with E-state index in [4.69, 9.17) is 46.9 Å². The molecule has 12 rings (SSSR count). The minimum Gasteiger partial charge on any atom is -0.479 e. The Bertz CT molecular complexity index is 5130. The van der Waals surface area contributed by atoms with E-state index in [1.54, 1.807) is 104 Å². The van der Waals surface area contributed by atoms with Crippen LogP contribution in [0.2, 0.25) is 0 Å². The molecule has 12 aromatic rings. The number of fused-ring (bicyclic) bond motifs is 3. The van der Waals surface area contributed by atoms with Crippen LogP contribution < -0.4 is 16.0 Å². The van der Waals surface area contributed by atoms with Crippen molar-refractivity contribution in [1.29, 1.82) is 0 Å². The number of halogens is 18. The smallest absolute Gasteiger partial charge is 0.416 e. The first-order valence-corrected chi connectivity index (χ1v) is 39.8. The van der Waals surface area contributed by atoms with Crippen LogP contribution in [0.5, 0.6) is 0 Å². The first-order chi connectivity index (χ1) is 54.5. The molecule has 3 amide bonds. The zero-order chi connectivity index (χ0) is 85.8. The second-order valence-corrected chi connectivity index (χ2v) is 30.5. The van der Waals surface area contributed by atoms with Crippen molar-refractivity contribution in [2.24, 2.45) is 0 Å². The van der Waals surface area contributed by atoms with Crippen molar-refractivity contribution in [3.8, 4) is 0 Å². The van der Waals surface area contributed by atoms with Crippen LogP contribution in [0.25, 0.3) is 32.3 Å². The van der Waals surface area contributed by atoms with E-state index in [9.17, 15) is 81.8 Å². The fraction of sp³-hybridized carbons (Fsp3) is 0.150. The number of nitrogens with zero attached hydrogens (tertiary/aromatic N) is 3. The van der Waals surface area contributed by atoms with Crippen molar-refractivity contribution in [2.75, 3.05) is 16.0 Å². The van der Waals surface area contributed by atoms with Crippen LogP contribution in [-0.4, -0.2) is 72.7 Å². The summed E-state index contributed by atoms with van der Waals surface area (Å²) >= 11 is 12.4. The number of benzene rings is 9. The first kappa shape index (κ1) is 101. The molecule has 0 bridgehead atoms. The summed E-state index contributed by atoms with van der Waals surface area (Å²) in [6.45, 7) is 1.90. The number of nitrogens with one attached hydrogen (secondary N) is 3. The highest BCUT2D eigenvalue weighted by Crippen LogP contribution is 2.40. The largest absolute Gasteiger partial charge is 0.479 e. The van der Waals surface area contributed by atoms with E-state index in [-0.39, 0.29) is 37.5 Å². The Balaban J connectivity index is 0.000000310. The molecule has 0 saturated carbocycles. The molecule has 17 nitrogen and oxygen atoms in total. The number of carbonyl (C=O) groups is 5. The number of carbonyl (C=O) groups excluding carboxylic acids is 4. The molecule has 5 unspecified atom stereocenters. The zero-order valence-electron chi connectivity index (χ0n) is 58.7. The number of thioether (sulfide) groups is 1. The normalized spacial score (nSPS) is 12.3. The summed E-state index contributed by atoms with van der Waals surface area (Å²) in [5.74, 6) is -2.80. The van der Waals surface area contributed by atoms with Gasteiger partial charge in [0, 0.05) is 134 Å². The van der Waals surface area contributed by atoms with Gasteiger partial charge in [-0.25, -0.2) is 13.2 Å². The first-order valence-electron chi connectivity index (χ1n) is 32.5. The molecule has 0 radical (unpaired) electrons. The monoisotopic (exact) mass is 1820 g/mol. The second-order valence-electron chi connectivity index (χ2n) is 23.5. The van der Waals surface area contributed by atoms with Gasteiger partial charge in [0.25, 0.3) is 11.1 Å². The van der Waals surface area contributed by atoms with Crippen molar-refractivity contribution in [1.82, 2.24) is 15.0 Å². The highest BCUT2D eigenvalue weighted by Gasteiger charge is 2.35. The Morgan fingerprint density at radius 1 is 0.390 bits per heavy atom. The van der Waals surface area contributed by atoms with Gasteiger partial charge in [0.1, 0.15) is 10.6 Å². The quantitative estimate of drug-likeness (QED) is 0.0218. The molecular formula is C80H66Cl6F12N6O11S3. The van der Waals surface area contributed by atoms with Gasteiger partial charge >= 0.3 is 30.7 Å². The third-order valence-electron chi connectivity index (χ3n) is 15.6. The van der Waals surface area contributed by atoms with Crippen molar-refractivity contribution < 1.29 is 106 Å². The van der Waals surface area contributed by atoms with Crippen molar-refractivity contribution in [3.63, 3.8) is 0 Å². The minimum absolute atomic E-state index is 0. The number of aliphatic hydroxyl groups excluding tert-OH is 3. The van der Waals surface area contributed by atoms with Gasteiger partial charge in [0.2, 0.25) is 30.3 Å². The summed E-state index contributed by atoms with van der Waals surface area (Å²) in [7, 11) is 14.7. The number of amides is 3. The predicted octanol–water partition coefficient (Wildman–Crippen LogP) is 22.8. The average Bonchev–Trinajstić information content (AvgIpc) is 0.816. The van der Waals surface area contributed by atoms with Crippen molar-refractivity contribution in [2.45, 2.75) is 80.3 Å². The molecule has 3 aromatic heterocycles. The molecule has 3 heterocycles. The lowest BCUT2D eigenvalue weighted by molar-refractivity contribution is -0.147. The zero-order valence-corrected chi connectivity index (χ0v) is 65.7. The number of aromatic nitrogens is 3. The number of hydrogen-bond donors (Lipinski definition) is 7. The molecule has 0 spiro atoms. The number of alkyl halides is 13. The second kappa shape index (κ2) is 47.1. The van der Waals surface area contributed by atoms with Crippen LogP contribution in [0.15, 0.2) is 267 Å². The summed E-state index contributed by atoms with van der Waals surface area (Å²) in [5.41, 5.74) is 0.763. The SMILES string of the molecule is C.C.Cc1ccc(C(O)C(=O)O)cc1.O=C(Cl)C(O)c1ccc(C(F)(F)F)cc1.O=C(Nc1cccc2cnccc12)C(Cl)c1ccc(C(F)(F)F)cc1.O=C(Nc1cccc2cnccc12)C(O)c1ccc(C(F)(F)F)cc1.O=C(Nc1cccc2cnccc12)C(Sc1ccccc1)c1ccc(C(F)(F)F)cc1.O=S(Cl)Cl.O=S(Cl)Cl. The standard InChI is InChI=1S/C24H17F3N2OS.C18H12ClF3N2O.C18H13F3N2O2.C9H6ClF3O2.C9H10O3.2CH4.2Cl2OS/c25-24(26,27)18-11-9-16(10-12-18)22(31-19-6-2-1-3-7-19)23(30)29-21-8-4-5-17-15-28-14-13-20(17)21;19-16(11-4-6-13(7-5-11)18(20,21)22)17(25)24-15-3-1-2-12-10-23-9-8-14(12)15;19-18(20,21)13-6-4-11(5-7-13)16(24)17(25)23-15-3-1-2-12-10-22-9-8-14(12)15;10-8(15)7(14)5-1-3-6(4-2-5)9(11,12)13;1-6-2-4-7(5-3-6)8(10)9(11)12;;;2*1-4(2)3/h1-15,22H,(H,29,30);1-10,16H,(H,24,25);1-10,16,24H,(H,23,25);1-4,7,14H;2-5,8,10H,1H3,(H,11,12);2*1H4;;. The maximum atomic E-state index is 13.3. The van der Waals surface area contributed by atoms with Crippen LogP contribution in [-0.2, 0) is 67.1 Å². The molecule has 0 aliphatic carbocycles. The highest BCUT2D eigenvalue weighted by molar-refractivity contribution is 8.27. The fourth-order valence-electron chi connectivity index (χ4n) is 9.92. The van der Waals surface area contributed by atoms with Gasteiger partial charge in [0.05, 0.1) is 22.3 Å². The Labute approximate surface area is 703 Å². The fourth-order valence-corrected chi connectivity index (χ4v) is 11.3. The number of aliphatic carboxylic acids is 1. The Morgan fingerprint density at radius 3 is 1.02 bits per heavy atom. The Morgan fingerprint density at radius 2 is 0.686 bits per heavy atom. The number of aryl methyl sites for hydroxylation is 1. The number of rotatable bonds is 15. The average molecular weight is 1820 g/mol. The van der Waals surface area contributed by atoms with Crippen LogP contribution in [0.4, 0.5) is 69.7 Å². The van der Waals surface area contributed by atoms with E-state index in [1.807, 2.05) is 67.6 Å². The van der Waals surface area contributed by atoms with Gasteiger partial charge in [-0.1, -0.05) is 148 Å². The molecule has 0 fully saturated rings. The van der Waals surface area contributed by atoms with Crippen LogP contribution >= 0.6 is 77.7 Å². The minimum atomic E-state index is -4.47. The van der Waals surface area contributed by atoms with Gasteiger partial charge in [-0.05, 0) is 143 Å². The van der Waals surface area contributed by atoms with Gasteiger partial charge < -0.3 is 36.4 Å². The van der Waals surface area contributed by atoms with Gasteiger partial charge in [-0.3, -0.25) is 34.1 Å². The lowest BCUT2D eigenvalue weighted by atomic mass is 10.1. The lowest BCUT2D eigenvalue weighted by Crippen LogP contribution is -2.21. The van der Waals surface area contributed by atoms with Gasteiger partial charge in [0.15, 0.2) is 18.3 Å². The molecule has 0 aliphatic rings. The molecule has 5 atom stereocenters. The van der Waals surface area contributed by atoms with E-state index >= 15 is 0 Å². The molecule has 7 N–H and O–H groups in total. The maximum absolute atomic E-state index is 13.3. The maximum Gasteiger partial charge on any atom is 0.416 e. The molecule has 626 valence electrons. The number of pyridine rings is 3. The third kappa shape index (κ3) is 32.1. The molecular weight excluding hydrogens is 1760 g/mol. The van der Waals surface area contributed by atoms with Gasteiger partial charge in [-0.2, -0.15) is 52.7 Å². The van der Waals surface area contributed by atoms with Crippen molar-refractivity contribution >= 4 is 174 Å². The van der Waals surface area contributed by atoms with Gasteiger partial charge in [-0.15, -0.1) is 23.4 Å². The topological polar surface area (TPSA) is 275 Å². The van der Waals surface area contributed by atoms with Crippen LogP contribution in [0, 0.1) is 6.92 Å². The number of anilines is 3. The van der Waals surface area contributed by atoms with Crippen LogP contribution in [0.1, 0.15) is 99.4 Å². The molecule has 0 aliphatic heterocycles. The summed E-state index contributed by atoms with van der Waals surface area (Å²) in [4.78, 5) is 71.7. The number of carboxylic acids is 1. The summed E-state index contributed by atoms with van der Waals surface area (Å²) in [6, 6.07) is 53.7. The number of carboxylic acid groups (broad SMARTS) is 1. The molecule has 118 heavy (non-hydrogen) atoms. The van der Waals surface area contributed by atoms with E-state index in [2.05, 4.69) is 73.6 Å². The van der Waals surface area contributed by atoms with E-state index in [1.165, 1.54) is 36.0 Å². The van der Waals surface area contributed by atoms with E-state index in [0.717, 1.165) is 116 Å². The molecule has 0 saturated heterocycles. The summed E-state index contributed by atoms with van der Waals surface area (Å²) < 4.78 is 169. The highest BCUT2D eigenvalue weighted by atomic mass is 36.0. The third-order valence-corrected chi connectivity index (χ3v) is 17.5. The van der Waals surface area contributed by atoms with Crippen molar-refractivity contribution in [3.05, 3.63) is 317 Å². The lowest BCUT2D eigenvalue weighted by Gasteiger charge is -2.18. The predicted molar refractivity (Wildman–Crippen MR) is 438 cm³/mol. The Hall–Kier alpha value is -9.81. The van der Waals surface area contributed by atoms with E-state index in [0.29, 0.717) is 28.2 Å². The Kier molecular flexibility index (Phi) is 40.1. The van der Waals surface area contributed by atoms with Crippen LogP contribution in [0.3, 0.4) is 0 Å². The number of aliphatic hydroxyl groups is 3. The van der Waals surface area contributed by atoms with E-state index < -0.39 is 117 Å². The molecule has 38 heteroatoms. The summed E-state index contributed by atoms with van der Waals surface area (Å²) in [6.07, 6.45) is -12.5. The molecule has 9 aromatic carbocycles. The summed E-state index contributed by atoms with van der Waals surface area (Å²) in [5, 5.41) is 47.0. The number of hydrogen-bond acceptors (Lipinski definition) is 14.